The summed E-state index contributed by atoms with van der Waals surface area (Å²) in [4.78, 5) is 35.4. The Morgan fingerprint density at radius 3 is 2.74 bits per heavy atom. The van der Waals surface area contributed by atoms with E-state index in [1.165, 1.54) is 21.4 Å². The first kappa shape index (κ1) is 26.9. The molecule has 216 valence electrons. The van der Waals surface area contributed by atoms with Crippen LogP contribution in [0.2, 0.25) is 5.02 Å². The van der Waals surface area contributed by atoms with Gasteiger partial charge in [0.25, 0.3) is 5.91 Å². The van der Waals surface area contributed by atoms with Gasteiger partial charge in [-0.25, -0.2) is 14.3 Å². The van der Waals surface area contributed by atoms with Crippen molar-refractivity contribution in [2.75, 3.05) is 11.9 Å². The fourth-order valence-corrected chi connectivity index (χ4v) is 7.24. The number of rotatable bonds is 7. The molecule has 9 nitrogen and oxygen atoms in total. The molecule has 4 N–H and O–H groups in total. The molecule has 2 aromatic carbocycles. The molecule has 5 aromatic rings. The number of anilines is 1. The quantitative estimate of drug-likeness (QED) is 0.181. The lowest BCUT2D eigenvalue weighted by Gasteiger charge is -2.42. The third kappa shape index (κ3) is 4.49. The van der Waals surface area contributed by atoms with Gasteiger partial charge in [0.05, 0.1) is 16.8 Å². The molecular formula is C31H31ClN6O3S. The highest BCUT2D eigenvalue weighted by atomic mass is 35.5. The normalized spacial score (nSPS) is 17.5. The zero-order chi connectivity index (χ0) is 29.0. The van der Waals surface area contributed by atoms with Gasteiger partial charge in [-0.3, -0.25) is 9.36 Å². The van der Waals surface area contributed by atoms with Crippen molar-refractivity contribution in [1.29, 1.82) is 0 Å². The molecule has 2 aliphatic rings. The molecule has 1 atom stereocenters. The Kier molecular flexibility index (Phi) is 6.62. The summed E-state index contributed by atoms with van der Waals surface area (Å²) in [6.45, 7) is 3.33. The van der Waals surface area contributed by atoms with E-state index in [2.05, 4.69) is 32.7 Å². The van der Waals surface area contributed by atoms with Gasteiger partial charge in [0.15, 0.2) is 5.13 Å². The summed E-state index contributed by atoms with van der Waals surface area (Å²) in [6, 6.07) is 12.7. The number of carbonyl (C=O) groups is 1. The van der Waals surface area contributed by atoms with E-state index < -0.39 is 6.04 Å². The topological polar surface area (TPSA) is 117 Å². The first-order valence-corrected chi connectivity index (χ1v) is 15.4. The molecule has 1 saturated carbocycles. The molecule has 1 aliphatic carbocycles. The zero-order valence-corrected chi connectivity index (χ0v) is 24.7. The maximum atomic E-state index is 13.5. The van der Waals surface area contributed by atoms with Crippen molar-refractivity contribution < 1.29 is 9.90 Å². The fourth-order valence-electron chi connectivity index (χ4n) is 6.36. The van der Waals surface area contributed by atoms with E-state index in [1.54, 1.807) is 40.3 Å². The van der Waals surface area contributed by atoms with Crippen LogP contribution in [0.3, 0.4) is 0 Å². The third-order valence-electron chi connectivity index (χ3n) is 8.81. The van der Waals surface area contributed by atoms with Crippen molar-refractivity contribution in [2.24, 2.45) is 0 Å². The number of thiazole rings is 1. The molecule has 3 aromatic heterocycles. The van der Waals surface area contributed by atoms with E-state index in [0.717, 1.165) is 35.4 Å². The highest BCUT2D eigenvalue weighted by molar-refractivity contribution is 7.15. The Labute approximate surface area is 251 Å². The molecule has 0 bridgehead atoms. The molecule has 11 heteroatoms. The monoisotopic (exact) mass is 602 g/mol. The molecule has 0 radical (unpaired) electrons. The lowest BCUT2D eigenvalue weighted by atomic mass is 9.64. The van der Waals surface area contributed by atoms with Gasteiger partial charge >= 0.3 is 5.69 Å². The van der Waals surface area contributed by atoms with Gasteiger partial charge in [-0.1, -0.05) is 36.2 Å². The molecule has 0 unspecified atom stereocenters. The Hall–Kier alpha value is -4.02. The molecule has 1 amide bonds. The number of aromatic amines is 1. The summed E-state index contributed by atoms with van der Waals surface area (Å²) in [5.74, 6) is -0.416. The van der Waals surface area contributed by atoms with Gasteiger partial charge in [0, 0.05) is 52.2 Å². The molecule has 1 aliphatic heterocycles. The second-order valence-electron chi connectivity index (χ2n) is 11.4. The summed E-state index contributed by atoms with van der Waals surface area (Å²) < 4.78 is 2.93. The summed E-state index contributed by atoms with van der Waals surface area (Å²) in [5, 5.41) is 20.3. The Morgan fingerprint density at radius 1 is 1.21 bits per heavy atom. The van der Waals surface area contributed by atoms with E-state index in [4.69, 9.17) is 11.6 Å². The Balaban J connectivity index is 1.14. The number of benzene rings is 2. The number of H-pyrrole nitrogens is 1. The number of halogens is 1. The SMILES string of the molecule is Cc1cnc(NCC2(c3ccc(-n4c(O)c5n(c4=O)CCC[C@H]5NC(=O)c4ccc5c(Cl)c[nH]c5c4)cc3)CCC2)s1. The molecule has 0 spiro atoms. The van der Waals surface area contributed by atoms with Crippen LogP contribution in [0.4, 0.5) is 5.13 Å². The van der Waals surface area contributed by atoms with Crippen molar-refractivity contribution >= 4 is 44.9 Å². The van der Waals surface area contributed by atoms with Crippen LogP contribution < -0.4 is 16.3 Å². The predicted octanol–water partition coefficient (Wildman–Crippen LogP) is 6.04. The fraction of sp³-hybridized carbons (Fsp3) is 0.323. The number of aryl methyl sites for hydroxylation is 1. The first-order chi connectivity index (χ1) is 20.3. The molecular weight excluding hydrogens is 572 g/mol. The van der Waals surface area contributed by atoms with Crippen molar-refractivity contribution in [3.63, 3.8) is 0 Å². The number of nitrogens with one attached hydrogen (secondary N) is 3. The van der Waals surface area contributed by atoms with Crippen molar-refractivity contribution in [2.45, 2.75) is 57.0 Å². The number of carbonyl (C=O) groups excluding carboxylic acids is 1. The van der Waals surface area contributed by atoms with E-state index in [1.807, 2.05) is 25.3 Å². The molecule has 42 heavy (non-hydrogen) atoms. The maximum absolute atomic E-state index is 13.5. The Morgan fingerprint density at radius 2 is 2.02 bits per heavy atom. The van der Waals surface area contributed by atoms with Gasteiger partial charge in [-0.15, -0.1) is 11.3 Å². The predicted molar refractivity (Wildman–Crippen MR) is 165 cm³/mol. The number of imidazole rings is 1. The lowest BCUT2D eigenvalue weighted by Crippen LogP contribution is -2.41. The molecule has 4 heterocycles. The van der Waals surface area contributed by atoms with E-state index >= 15 is 0 Å². The number of hydrogen-bond acceptors (Lipinski definition) is 6. The second-order valence-corrected chi connectivity index (χ2v) is 13.0. The zero-order valence-electron chi connectivity index (χ0n) is 23.1. The largest absolute Gasteiger partial charge is 0.493 e. The van der Waals surface area contributed by atoms with Crippen LogP contribution in [0.1, 0.15) is 64.6 Å². The average molecular weight is 603 g/mol. The van der Waals surface area contributed by atoms with Gasteiger partial charge in [0.2, 0.25) is 5.88 Å². The number of hydrogen-bond donors (Lipinski definition) is 4. The minimum atomic E-state index is -0.499. The van der Waals surface area contributed by atoms with Crippen LogP contribution in [-0.4, -0.2) is 36.7 Å². The van der Waals surface area contributed by atoms with E-state index in [9.17, 15) is 14.7 Å². The number of aromatic hydroxyl groups is 1. The van der Waals surface area contributed by atoms with Crippen LogP contribution in [0.25, 0.3) is 16.6 Å². The van der Waals surface area contributed by atoms with Crippen LogP contribution in [-0.2, 0) is 12.0 Å². The van der Waals surface area contributed by atoms with E-state index in [-0.39, 0.29) is 22.9 Å². The standard InChI is InChI=1S/C31H31ClN6O3S/c1-18-15-34-29(42-18)35-17-31(11-3-12-31)20-6-8-21(9-7-20)38-28(40)26-24(4-2-13-37(26)30(38)41)36-27(39)19-5-10-22-23(32)16-33-25(22)14-19/h5-10,14-16,24,33,40H,2-4,11-13,17H2,1H3,(H,34,35)(H,36,39)/t24-/m1/s1. The van der Waals surface area contributed by atoms with Crippen LogP contribution in [0.5, 0.6) is 5.88 Å². The number of fused-ring (bicyclic) bond motifs is 2. The third-order valence-corrected chi connectivity index (χ3v) is 9.99. The minimum absolute atomic E-state index is 0.0228. The van der Waals surface area contributed by atoms with Crippen LogP contribution >= 0.6 is 22.9 Å². The number of amides is 1. The first-order valence-electron chi connectivity index (χ1n) is 14.2. The summed E-state index contributed by atoms with van der Waals surface area (Å²) in [5.41, 5.74) is 3.19. The Bertz CT molecular complexity index is 1860. The van der Waals surface area contributed by atoms with Gasteiger partial charge < -0.3 is 20.7 Å². The van der Waals surface area contributed by atoms with Crippen LogP contribution in [0.15, 0.2) is 59.7 Å². The maximum Gasteiger partial charge on any atom is 0.335 e. The molecule has 7 rings (SSSR count). The summed E-state index contributed by atoms with van der Waals surface area (Å²) in [7, 11) is 0. The highest BCUT2D eigenvalue weighted by Gasteiger charge is 2.39. The van der Waals surface area contributed by atoms with Gasteiger partial charge in [-0.05, 0) is 62.4 Å². The minimum Gasteiger partial charge on any atom is -0.493 e. The van der Waals surface area contributed by atoms with Crippen LogP contribution in [0, 0.1) is 6.92 Å². The van der Waals surface area contributed by atoms with E-state index in [0.29, 0.717) is 41.4 Å². The van der Waals surface area contributed by atoms with Gasteiger partial charge in [-0.2, -0.15) is 0 Å². The lowest BCUT2D eigenvalue weighted by molar-refractivity contribution is 0.0928. The summed E-state index contributed by atoms with van der Waals surface area (Å²) >= 11 is 7.84. The molecule has 1 fully saturated rings. The second kappa shape index (κ2) is 10.4. The number of nitrogens with zero attached hydrogens (tertiary/aromatic N) is 3. The van der Waals surface area contributed by atoms with Crippen molar-refractivity contribution in [3.8, 4) is 11.6 Å². The van der Waals surface area contributed by atoms with Crippen molar-refractivity contribution in [3.05, 3.63) is 92.1 Å². The van der Waals surface area contributed by atoms with Crippen molar-refractivity contribution in [1.82, 2.24) is 24.4 Å². The molecule has 0 saturated heterocycles. The number of aromatic nitrogens is 4. The average Bonchev–Trinajstić information content (AvgIpc) is 3.64. The summed E-state index contributed by atoms with van der Waals surface area (Å²) in [6.07, 6.45) is 8.23. The highest BCUT2D eigenvalue weighted by Crippen LogP contribution is 2.44. The smallest absolute Gasteiger partial charge is 0.335 e. The van der Waals surface area contributed by atoms with Gasteiger partial charge in [0.1, 0.15) is 5.69 Å².